The van der Waals surface area contributed by atoms with Crippen molar-refractivity contribution in [2.75, 3.05) is 19.8 Å². The average Bonchev–Trinajstić information content (AvgIpc) is 2.88. The van der Waals surface area contributed by atoms with Gasteiger partial charge < -0.3 is 9.47 Å². The molecule has 2 heteroatoms. The summed E-state index contributed by atoms with van der Waals surface area (Å²) in [5.41, 5.74) is 1.24. The lowest BCUT2D eigenvalue weighted by atomic mass is 10.1. The van der Waals surface area contributed by atoms with Crippen molar-refractivity contribution >= 4 is 0 Å². The van der Waals surface area contributed by atoms with Crippen LogP contribution in [-0.4, -0.2) is 19.8 Å². The van der Waals surface area contributed by atoms with Crippen molar-refractivity contribution in [3.05, 3.63) is 48.0 Å². The second kappa shape index (κ2) is 7.25. The molecule has 2 nitrogen and oxygen atoms in total. The third kappa shape index (κ3) is 4.72. The highest BCUT2D eigenvalue weighted by atomic mass is 16.5. The third-order valence-electron chi connectivity index (χ3n) is 2.91. The summed E-state index contributed by atoms with van der Waals surface area (Å²) in [4.78, 5) is 0. The van der Waals surface area contributed by atoms with Crippen molar-refractivity contribution in [1.29, 1.82) is 0 Å². The lowest BCUT2D eigenvalue weighted by molar-refractivity contribution is 0.125. The Morgan fingerprint density at radius 3 is 2.94 bits per heavy atom. The van der Waals surface area contributed by atoms with Gasteiger partial charge in [0.2, 0.25) is 0 Å². The summed E-state index contributed by atoms with van der Waals surface area (Å²) in [6.07, 6.45) is 6.63. The van der Waals surface area contributed by atoms with Crippen LogP contribution in [0.2, 0.25) is 0 Å². The molecule has 0 radical (unpaired) electrons. The van der Waals surface area contributed by atoms with Crippen LogP contribution in [0.3, 0.4) is 0 Å². The van der Waals surface area contributed by atoms with Gasteiger partial charge in [0.1, 0.15) is 0 Å². The quantitative estimate of drug-likeness (QED) is 0.554. The van der Waals surface area contributed by atoms with Gasteiger partial charge in [-0.15, -0.1) is 0 Å². The van der Waals surface area contributed by atoms with Gasteiger partial charge in [-0.1, -0.05) is 42.5 Å². The minimum absolute atomic E-state index is 0.629. The van der Waals surface area contributed by atoms with Crippen LogP contribution in [-0.2, 0) is 16.1 Å². The molecule has 2 rings (SSSR count). The van der Waals surface area contributed by atoms with Crippen molar-refractivity contribution in [3.8, 4) is 0 Å². The van der Waals surface area contributed by atoms with Crippen LogP contribution in [0, 0.1) is 5.92 Å². The topological polar surface area (TPSA) is 18.5 Å². The van der Waals surface area contributed by atoms with Gasteiger partial charge in [0.25, 0.3) is 0 Å². The summed E-state index contributed by atoms with van der Waals surface area (Å²) in [5.74, 6) is 0.629. The van der Waals surface area contributed by atoms with Crippen LogP contribution in [0.5, 0.6) is 0 Å². The monoisotopic (exact) mass is 232 g/mol. The van der Waals surface area contributed by atoms with Gasteiger partial charge in [-0.3, -0.25) is 0 Å². The predicted molar refractivity (Wildman–Crippen MR) is 68.8 cm³/mol. The molecule has 1 saturated heterocycles. The van der Waals surface area contributed by atoms with Gasteiger partial charge in [0, 0.05) is 12.5 Å². The van der Waals surface area contributed by atoms with E-state index in [1.165, 1.54) is 12.0 Å². The molecule has 0 amide bonds. The van der Waals surface area contributed by atoms with Crippen LogP contribution in [0.4, 0.5) is 0 Å². The van der Waals surface area contributed by atoms with Gasteiger partial charge >= 0.3 is 0 Å². The molecule has 1 aromatic carbocycles. The van der Waals surface area contributed by atoms with E-state index < -0.39 is 0 Å². The van der Waals surface area contributed by atoms with Crippen molar-refractivity contribution in [2.45, 2.75) is 19.4 Å². The predicted octanol–water partition coefficient (Wildman–Crippen LogP) is 3.19. The number of ether oxygens (including phenoxy) is 2. The third-order valence-corrected chi connectivity index (χ3v) is 2.91. The number of hydrogen-bond acceptors (Lipinski definition) is 2. The molecule has 17 heavy (non-hydrogen) atoms. The number of benzene rings is 1. The maximum absolute atomic E-state index is 5.60. The molecule has 0 spiro atoms. The molecule has 1 unspecified atom stereocenters. The normalized spacial score (nSPS) is 20.1. The van der Waals surface area contributed by atoms with Crippen LogP contribution in [0.1, 0.15) is 18.4 Å². The van der Waals surface area contributed by atoms with Gasteiger partial charge in [0.05, 0.1) is 19.8 Å². The van der Waals surface area contributed by atoms with E-state index in [2.05, 4.69) is 24.3 Å². The van der Waals surface area contributed by atoms with Crippen molar-refractivity contribution < 1.29 is 9.47 Å². The van der Waals surface area contributed by atoms with Gasteiger partial charge in [0.15, 0.2) is 0 Å². The Hall–Kier alpha value is -1.12. The first-order valence-corrected chi connectivity index (χ1v) is 6.31. The standard InChI is InChI=1S/C15H20O2/c1-2-6-14(7-3-1)12-16-10-5-4-8-15-9-11-17-13-15/h1-4,6-8,15H,5,9-13H2. The Morgan fingerprint density at radius 1 is 1.29 bits per heavy atom. The second-order valence-corrected chi connectivity index (χ2v) is 4.38. The molecule has 0 bridgehead atoms. The van der Waals surface area contributed by atoms with Crippen molar-refractivity contribution in [2.24, 2.45) is 5.92 Å². The van der Waals surface area contributed by atoms with E-state index in [1.54, 1.807) is 0 Å². The largest absolute Gasteiger partial charge is 0.381 e. The Kier molecular flexibility index (Phi) is 5.27. The fourth-order valence-corrected chi connectivity index (χ4v) is 1.91. The molecule has 0 aliphatic carbocycles. The number of rotatable bonds is 6. The highest BCUT2D eigenvalue weighted by Crippen LogP contribution is 2.13. The minimum Gasteiger partial charge on any atom is -0.381 e. The molecule has 1 heterocycles. The molecule has 1 aromatic rings. The molecule has 0 saturated carbocycles. The van der Waals surface area contributed by atoms with Crippen LogP contribution in [0.15, 0.2) is 42.5 Å². The Morgan fingerprint density at radius 2 is 2.18 bits per heavy atom. The van der Waals surface area contributed by atoms with Gasteiger partial charge in [-0.25, -0.2) is 0 Å². The van der Waals surface area contributed by atoms with E-state index in [1.807, 2.05) is 18.2 Å². The van der Waals surface area contributed by atoms with E-state index in [0.29, 0.717) is 12.5 Å². The first-order chi connectivity index (χ1) is 8.45. The highest BCUT2D eigenvalue weighted by Gasteiger charge is 2.10. The fraction of sp³-hybridized carbons (Fsp3) is 0.467. The molecule has 1 aliphatic heterocycles. The zero-order chi connectivity index (χ0) is 11.8. The molecule has 0 N–H and O–H groups in total. The summed E-state index contributed by atoms with van der Waals surface area (Å²) in [6, 6.07) is 10.3. The SMILES string of the molecule is C(=CC1CCOC1)CCOCc1ccccc1. The lowest BCUT2D eigenvalue weighted by Crippen LogP contribution is -1.96. The fourth-order valence-electron chi connectivity index (χ4n) is 1.91. The molecule has 1 fully saturated rings. The van der Waals surface area contributed by atoms with Crippen molar-refractivity contribution in [3.63, 3.8) is 0 Å². The zero-order valence-electron chi connectivity index (χ0n) is 10.2. The molecule has 0 aromatic heterocycles. The van der Waals surface area contributed by atoms with Gasteiger partial charge in [-0.2, -0.15) is 0 Å². The summed E-state index contributed by atoms with van der Waals surface area (Å²) in [6.45, 7) is 3.31. The first-order valence-electron chi connectivity index (χ1n) is 6.31. The Bertz CT molecular complexity index is 326. The van der Waals surface area contributed by atoms with E-state index in [9.17, 15) is 0 Å². The maximum atomic E-state index is 5.60. The smallest absolute Gasteiger partial charge is 0.0717 e. The zero-order valence-corrected chi connectivity index (χ0v) is 10.2. The van der Waals surface area contributed by atoms with E-state index in [4.69, 9.17) is 9.47 Å². The number of hydrogen-bond donors (Lipinski definition) is 0. The summed E-state index contributed by atoms with van der Waals surface area (Å²) >= 11 is 0. The second-order valence-electron chi connectivity index (χ2n) is 4.38. The summed E-state index contributed by atoms with van der Waals surface area (Å²) in [7, 11) is 0. The van der Waals surface area contributed by atoms with Crippen LogP contribution < -0.4 is 0 Å². The molecular formula is C15H20O2. The average molecular weight is 232 g/mol. The van der Waals surface area contributed by atoms with Crippen LogP contribution in [0.25, 0.3) is 0 Å². The van der Waals surface area contributed by atoms with Gasteiger partial charge in [-0.05, 0) is 18.4 Å². The van der Waals surface area contributed by atoms with Crippen molar-refractivity contribution in [1.82, 2.24) is 0 Å². The minimum atomic E-state index is 0.629. The molecule has 1 atom stereocenters. The van der Waals surface area contributed by atoms with E-state index >= 15 is 0 Å². The van der Waals surface area contributed by atoms with Crippen LogP contribution >= 0.6 is 0 Å². The lowest BCUT2D eigenvalue weighted by Gasteiger charge is -2.02. The first kappa shape index (κ1) is 12.3. The van der Waals surface area contributed by atoms with E-state index in [-0.39, 0.29) is 0 Å². The van der Waals surface area contributed by atoms with E-state index in [0.717, 1.165) is 26.2 Å². The molecular weight excluding hydrogens is 212 g/mol. The summed E-state index contributed by atoms with van der Waals surface area (Å²) < 4.78 is 10.9. The highest BCUT2D eigenvalue weighted by molar-refractivity contribution is 5.13. The Balaban J connectivity index is 1.54. The Labute approximate surface area is 103 Å². The summed E-state index contributed by atoms with van der Waals surface area (Å²) in [5, 5.41) is 0. The molecule has 92 valence electrons. The molecule has 1 aliphatic rings. The maximum Gasteiger partial charge on any atom is 0.0717 e.